The van der Waals surface area contributed by atoms with Crippen molar-refractivity contribution in [1.82, 2.24) is 15.0 Å². The van der Waals surface area contributed by atoms with Crippen molar-refractivity contribution >= 4 is 11.9 Å². The number of hydrogen-bond donors (Lipinski definition) is 3. The molecule has 0 bridgehead atoms. The minimum absolute atomic E-state index is 0.219. The molecule has 1 unspecified atom stereocenters. The number of carboxylic acid groups (broad SMARTS) is 2. The minimum Gasteiger partial charge on any atom is -0.475 e. The van der Waals surface area contributed by atoms with Crippen LogP contribution in [0, 0.1) is 25.7 Å². The molecule has 2 aliphatic heterocycles. The molecule has 3 atom stereocenters. The van der Waals surface area contributed by atoms with Crippen molar-refractivity contribution in [2.24, 2.45) is 11.8 Å². The van der Waals surface area contributed by atoms with Crippen molar-refractivity contribution in [3.63, 3.8) is 0 Å². The number of alkyl halides is 6. The maximum Gasteiger partial charge on any atom is 0.490 e. The Morgan fingerprint density at radius 2 is 1.46 bits per heavy atom. The van der Waals surface area contributed by atoms with Crippen LogP contribution >= 0.6 is 0 Å². The number of carboxylic acids is 2. The molecule has 3 heterocycles. The molecule has 2 fully saturated rings. The highest BCUT2D eigenvalue weighted by atomic mass is 19.4. The number of piperidine rings is 1. The molecule has 9 nitrogen and oxygen atoms in total. The summed E-state index contributed by atoms with van der Waals surface area (Å²) in [5.41, 5.74) is 2.28. The molecule has 2 aliphatic rings. The number of halogens is 6. The standard InChI is InChI=1S/C16H27N3O2.2C2HF3O2/c1-11(20)6-19-7-14-4-5-18(8-15(14)9-19)10-16-12(2)17-21-13(16)3;2*3-2(4,5)1(6)7/h11,14-15,20H,4-10H2,1-3H3;2*(H,6,7)/t11?,14-,15+;;/m1../s1. The third-order valence-electron chi connectivity index (χ3n) is 5.53. The summed E-state index contributed by atoms with van der Waals surface area (Å²) in [5, 5.41) is 27.9. The van der Waals surface area contributed by atoms with Gasteiger partial charge in [-0.05, 0) is 45.6 Å². The van der Waals surface area contributed by atoms with Gasteiger partial charge in [-0.15, -0.1) is 0 Å². The Morgan fingerprint density at radius 3 is 1.86 bits per heavy atom. The molecule has 0 spiro atoms. The average molecular weight is 521 g/mol. The van der Waals surface area contributed by atoms with E-state index in [1.165, 1.54) is 12.0 Å². The average Bonchev–Trinajstić information content (AvgIpc) is 3.23. The Morgan fingerprint density at radius 1 is 1.00 bits per heavy atom. The van der Waals surface area contributed by atoms with Gasteiger partial charge in [-0.3, -0.25) is 4.90 Å². The lowest BCUT2D eigenvalue weighted by atomic mass is 9.88. The summed E-state index contributed by atoms with van der Waals surface area (Å²) in [7, 11) is 0. The number of aromatic nitrogens is 1. The summed E-state index contributed by atoms with van der Waals surface area (Å²) < 4.78 is 68.7. The second kappa shape index (κ2) is 12.5. The molecule has 202 valence electrons. The van der Waals surface area contributed by atoms with Gasteiger partial charge in [0.1, 0.15) is 5.76 Å². The third-order valence-corrected chi connectivity index (χ3v) is 5.53. The van der Waals surface area contributed by atoms with Crippen LogP contribution in [0.4, 0.5) is 26.3 Å². The smallest absolute Gasteiger partial charge is 0.475 e. The van der Waals surface area contributed by atoms with E-state index in [1.54, 1.807) is 0 Å². The Balaban J connectivity index is 0.000000362. The summed E-state index contributed by atoms with van der Waals surface area (Å²) >= 11 is 0. The van der Waals surface area contributed by atoms with Gasteiger partial charge in [-0.25, -0.2) is 9.59 Å². The molecule has 0 amide bonds. The monoisotopic (exact) mass is 521 g/mol. The lowest BCUT2D eigenvalue weighted by Gasteiger charge is -2.34. The first kappa shape index (κ1) is 30.6. The molecule has 3 N–H and O–H groups in total. The van der Waals surface area contributed by atoms with Crippen LogP contribution in [0.2, 0.25) is 0 Å². The first-order valence-electron chi connectivity index (χ1n) is 10.6. The van der Waals surface area contributed by atoms with Gasteiger partial charge >= 0.3 is 24.3 Å². The van der Waals surface area contributed by atoms with E-state index in [2.05, 4.69) is 15.0 Å². The predicted molar refractivity (Wildman–Crippen MR) is 108 cm³/mol. The van der Waals surface area contributed by atoms with Crippen LogP contribution in [0.1, 0.15) is 30.4 Å². The van der Waals surface area contributed by atoms with Crippen LogP contribution in [0.3, 0.4) is 0 Å². The fourth-order valence-electron chi connectivity index (χ4n) is 3.96. The number of carbonyl (C=O) groups is 2. The lowest BCUT2D eigenvalue weighted by Crippen LogP contribution is -2.39. The number of aliphatic carboxylic acids is 2. The zero-order valence-corrected chi connectivity index (χ0v) is 19.4. The number of aliphatic hydroxyl groups excluding tert-OH is 1. The molecule has 0 aliphatic carbocycles. The highest BCUT2D eigenvalue weighted by Crippen LogP contribution is 2.32. The van der Waals surface area contributed by atoms with E-state index in [9.17, 15) is 31.4 Å². The molecular formula is C20H29F6N3O6. The van der Waals surface area contributed by atoms with E-state index >= 15 is 0 Å². The lowest BCUT2D eigenvalue weighted by molar-refractivity contribution is -0.193. The van der Waals surface area contributed by atoms with E-state index < -0.39 is 24.3 Å². The maximum atomic E-state index is 10.6. The molecule has 0 saturated carbocycles. The quantitative estimate of drug-likeness (QED) is 0.513. The molecule has 1 aromatic heterocycles. The number of fused-ring (bicyclic) bond motifs is 1. The topological polar surface area (TPSA) is 127 Å². The maximum absolute atomic E-state index is 10.6. The normalized spacial score (nSPS) is 21.8. The van der Waals surface area contributed by atoms with Crippen molar-refractivity contribution < 1.29 is 55.8 Å². The van der Waals surface area contributed by atoms with Crippen LogP contribution in [0.25, 0.3) is 0 Å². The second-order valence-corrected chi connectivity index (χ2v) is 8.52. The number of rotatable bonds is 4. The number of aliphatic hydroxyl groups is 1. The first-order chi connectivity index (χ1) is 15.9. The molecule has 3 rings (SSSR count). The van der Waals surface area contributed by atoms with Crippen LogP contribution in [0.15, 0.2) is 4.52 Å². The van der Waals surface area contributed by atoms with Gasteiger partial charge in [0.25, 0.3) is 0 Å². The zero-order valence-electron chi connectivity index (χ0n) is 19.4. The molecule has 15 heteroatoms. The Kier molecular flexibility index (Phi) is 11.0. The van der Waals surface area contributed by atoms with Gasteiger partial charge in [0.15, 0.2) is 0 Å². The van der Waals surface area contributed by atoms with Gasteiger partial charge in [-0.1, -0.05) is 5.16 Å². The summed E-state index contributed by atoms with van der Waals surface area (Å²) in [6, 6.07) is 0. The fraction of sp³-hybridized carbons (Fsp3) is 0.750. The number of hydrogen-bond acceptors (Lipinski definition) is 7. The fourth-order valence-corrected chi connectivity index (χ4v) is 3.96. The summed E-state index contributed by atoms with van der Waals surface area (Å²) in [6.07, 6.45) is -9.12. The minimum atomic E-state index is -5.08. The van der Waals surface area contributed by atoms with Gasteiger partial charge in [0.05, 0.1) is 11.8 Å². The van der Waals surface area contributed by atoms with Crippen molar-refractivity contribution in [2.45, 2.75) is 52.2 Å². The zero-order chi connectivity index (χ0) is 27.1. The Hall–Kier alpha value is -2.39. The SMILES string of the molecule is Cc1noc(C)c1CN1CC[C@@H]2CN(CC(C)O)C[C@@H]2C1.O=C(O)C(F)(F)F.O=C(O)C(F)(F)F. The number of likely N-dealkylation sites (tertiary alicyclic amines) is 2. The van der Waals surface area contributed by atoms with Crippen molar-refractivity contribution in [2.75, 3.05) is 32.7 Å². The van der Waals surface area contributed by atoms with E-state index in [1.807, 2.05) is 20.8 Å². The van der Waals surface area contributed by atoms with Crippen LogP contribution < -0.4 is 0 Å². The van der Waals surface area contributed by atoms with E-state index in [0.29, 0.717) is 0 Å². The van der Waals surface area contributed by atoms with Crippen LogP contribution in [0.5, 0.6) is 0 Å². The highest BCUT2D eigenvalue weighted by Gasteiger charge is 2.39. The van der Waals surface area contributed by atoms with E-state index in [0.717, 1.165) is 62.6 Å². The number of β-amino-alcohol motifs (C(OH)–C–C–N with tert-alkyl or cyclic N) is 1. The first-order valence-corrected chi connectivity index (χ1v) is 10.6. The predicted octanol–water partition coefficient (Wildman–Crippen LogP) is 2.69. The van der Waals surface area contributed by atoms with Crippen molar-refractivity contribution in [3.8, 4) is 0 Å². The van der Waals surface area contributed by atoms with Gasteiger partial charge in [-0.2, -0.15) is 26.3 Å². The van der Waals surface area contributed by atoms with Crippen molar-refractivity contribution in [1.29, 1.82) is 0 Å². The largest absolute Gasteiger partial charge is 0.490 e. The molecule has 35 heavy (non-hydrogen) atoms. The molecule has 0 aromatic carbocycles. The molecule has 0 radical (unpaired) electrons. The molecular weight excluding hydrogens is 492 g/mol. The molecule has 1 aromatic rings. The Labute approximate surface area is 197 Å². The number of aryl methyl sites for hydroxylation is 2. The summed E-state index contributed by atoms with van der Waals surface area (Å²) in [5.74, 6) is -3.00. The van der Waals surface area contributed by atoms with E-state index in [-0.39, 0.29) is 6.10 Å². The summed E-state index contributed by atoms with van der Waals surface area (Å²) in [6.45, 7) is 12.3. The van der Waals surface area contributed by atoms with E-state index in [4.69, 9.17) is 24.3 Å². The number of nitrogens with zero attached hydrogens (tertiary/aromatic N) is 3. The Bertz CT molecular complexity index is 799. The third kappa shape index (κ3) is 10.4. The van der Waals surface area contributed by atoms with Gasteiger partial charge in [0.2, 0.25) is 0 Å². The van der Waals surface area contributed by atoms with Gasteiger partial charge < -0.3 is 24.7 Å². The second-order valence-electron chi connectivity index (χ2n) is 8.52. The molecule has 2 saturated heterocycles. The van der Waals surface area contributed by atoms with Crippen molar-refractivity contribution in [3.05, 3.63) is 17.0 Å². The van der Waals surface area contributed by atoms with Gasteiger partial charge in [0, 0.05) is 38.3 Å². The van der Waals surface area contributed by atoms with Crippen LogP contribution in [-0.4, -0.2) is 93.4 Å². The summed E-state index contributed by atoms with van der Waals surface area (Å²) in [4.78, 5) is 22.8. The highest BCUT2D eigenvalue weighted by molar-refractivity contribution is 5.73. The van der Waals surface area contributed by atoms with Crippen LogP contribution in [-0.2, 0) is 16.1 Å².